The number of hydrogen-bond donors (Lipinski definition) is 6. The third kappa shape index (κ3) is 36.9. The minimum atomic E-state index is -5.42. The van der Waals surface area contributed by atoms with Gasteiger partial charge in [-0.2, -0.15) is 0 Å². The number of nitrogens with one attached hydrogen (secondary N) is 1. The van der Waals surface area contributed by atoms with Gasteiger partial charge in [0.05, 0.1) is 25.6 Å². The molecule has 1 amide bonds. The van der Waals surface area contributed by atoms with Crippen LogP contribution in [-0.4, -0.2) is 92.4 Å². The van der Waals surface area contributed by atoms with Crippen LogP contribution in [-0.2, 0) is 37.7 Å². The number of amides is 1. The summed E-state index contributed by atoms with van der Waals surface area (Å²) in [5, 5.41) is 33.3. The molecule has 0 saturated heterocycles. The first-order valence-electron chi connectivity index (χ1n) is 25.2. The number of esters is 2. The van der Waals surface area contributed by atoms with Gasteiger partial charge in [-0.25, -0.2) is 4.57 Å². The molecule has 372 valence electrons. The van der Waals surface area contributed by atoms with Gasteiger partial charge in [-0.15, -0.1) is 0 Å². The van der Waals surface area contributed by atoms with Crippen molar-refractivity contribution in [3.05, 3.63) is 0 Å². The molecule has 0 rings (SSSR count). The molecule has 63 heavy (non-hydrogen) atoms. The number of aldehydes is 1. The first-order chi connectivity index (χ1) is 30.3. The highest BCUT2D eigenvalue weighted by Gasteiger charge is 2.42. The lowest BCUT2D eigenvalue weighted by atomic mass is 10.0. The fourth-order valence-electron chi connectivity index (χ4n) is 7.85. The third-order valence-corrected chi connectivity index (χ3v) is 12.1. The Morgan fingerprint density at radius 1 is 0.556 bits per heavy atom. The lowest BCUT2D eigenvalue weighted by Gasteiger charge is -2.33. The van der Waals surface area contributed by atoms with Crippen LogP contribution in [0.5, 0.6) is 0 Å². The van der Waals surface area contributed by atoms with Crippen molar-refractivity contribution in [3.63, 3.8) is 0 Å². The molecule has 0 aromatic carbocycles. The highest BCUT2D eigenvalue weighted by molar-refractivity contribution is 7.46. The van der Waals surface area contributed by atoms with Crippen LogP contribution in [0.15, 0.2) is 0 Å². The number of rotatable bonds is 46. The van der Waals surface area contributed by atoms with Crippen LogP contribution in [0.2, 0.25) is 0 Å². The monoisotopic (exact) mass is 922 g/mol. The van der Waals surface area contributed by atoms with Gasteiger partial charge in [0.25, 0.3) is 0 Å². The van der Waals surface area contributed by atoms with Crippen molar-refractivity contribution in [2.75, 3.05) is 6.61 Å². The zero-order valence-electron chi connectivity index (χ0n) is 39.7. The molecule has 2 unspecified atom stereocenters. The van der Waals surface area contributed by atoms with E-state index in [0.29, 0.717) is 25.7 Å². The largest absolute Gasteiger partial charge is 0.470 e. The van der Waals surface area contributed by atoms with E-state index in [2.05, 4.69) is 26.1 Å². The molecule has 0 bridgehead atoms. The number of hydrogen-bond acceptors (Lipinski definition) is 11. The number of carbonyl (C=O) groups excluding carboxylic acids is 4. The van der Waals surface area contributed by atoms with E-state index in [9.17, 15) is 48.8 Å². The van der Waals surface area contributed by atoms with Crippen LogP contribution in [0.1, 0.15) is 239 Å². The Hall–Kier alpha value is -1.93. The van der Waals surface area contributed by atoms with Gasteiger partial charge >= 0.3 is 19.8 Å². The van der Waals surface area contributed by atoms with Gasteiger partial charge in [0.1, 0.15) is 30.6 Å². The number of aliphatic hydroxyl groups excluding tert-OH is 3. The summed E-state index contributed by atoms with van der Waals surface area (Å²) in [6.45, 7) is 5.46. The molecule has 0 heterocycles. The Labute approximate surface area is 381 Å². The molecule has 0 aromatic heterocycles. The number of unbranched alkanes of at least 4 members (excludes halogenated alkanes) is 26. The summed E-state index contributed by atoms with van der Waals surface area (Å²) in [5.74, 6) is -2.29. The van der Waals surface area contributed by atoms with Crippen molar-refractivity contribution in [3.8, 4) is 0 Å². The Balaban J connectivity index is 5.63. The molecule has 6 N–H and O–H groups in total. The Bertz CT molecular complexity index is 1170. The van der Waals surface area contributed by atoms with E-state index < -0.39 is 75.3 Å². The number of aliphatic hydroxyl groups is 3. The molecular weight excluding hydrogens is 829 g/mol. The van der Waals surface area contributed by atoms with Crippen LogP contribution in [0, 0.1) is 0 Å². The maximum atomic E-state index is 13.5. The fraction of sp³-hybridized carbons (Fsp3) is 0.917. The van der Waals surface area contributed by atoms with Crippen molar-refractivity contribution in [1.82, 2.24) is 5.32 Å². The van der Waals surface area contributed by atoms with Gasteiger partial charge in [-0.1, -0.05) is 194 Å². The minimum absolute atomic E-state index is 0.169. The molecule has 14 nitrogen and oxygen atoms in total. The maximum Gasteiger partial charge on any atom is 0.470 e. The summed E-state index contributed by atoms with van der Waals surface area (Å²) < 4.78 is 27.9. The normalized spacial score (nSPS) is 14.7. The third-order valence-electron chi connectivity index (χ3n) is 11.6. The summed E-state index contributed by atoms with van der Waals surface area (Å²) in [6, 6.07) is -1.81. The van der Waals surface area contributed by atoms with Crippen LogP contribution in [0.4, 0.5) is 0 Å². The van der Waals surface area contributed by atoms with Crippen molar-refractivity contribution in [2.45, 2.75) is 276 Å². The van der Waals surface area contributed by atoms with Gasteiger partial charge in [-0.05, 0) is 25.7 Å². The highest BCUT2D eigenvalue weighted by atomic mass is 31.2. The van der Waals surface area contributed by atoms with Gasteiger partial charge in [0, 0.05) is 6.42 Å². The predicted octanol–water partition coefficient (Wildman–Crippen LogP) is 10.0. The molecule has 0 saturated carbocycles. The topological polar surface area (TPSA) is 226 Å². The predicted molar refractivity (Wildman–Crippen MR) is 248 cm³/mol. The average molecular weight is 922 g/mol. The molecule has 6 atom stereocenters. The molecule has 0 spiro atoms. The summed E-state index contributed by atoms with van der Waals surface area (Å²) in [5.41, 5.74) is 0. The smallest absolute Gasteiger partial charge is 0.462 e. The second kappa shape index (κ2) is 41.5. The van der Waals surface area contributed by atoms with E-state index in [-0.39, 0.29) is 25.5 Å². The van der Waals surface area contributed by atoms with Crippen LogP contribution < -0.4 is 5.32 Å². The van der Waals surface area contributed by atoms with Gasteiger partial charge in [0.15, 0.2) is 6.10 Å². The quantitative estimate of drug-likeness (QED) is 0.0145. The standard InChI is InChI=1S/C48H92NO13P/c1-4-7-10-13-16-19-20-23-26-29-32-35-45(55)60-41(34-31-28-25-22-18-15-12-9-6-3)37-44(54)49-42(38-50)47(48(43(53)39-51)62-63(57,58)59)61-46(56)36-40(52)33-30-27-24-21-17-14-11-8-5-2/h38,40-43,47-48,51-53H,4-37,39H2,1-3H3,(H,49,54)(H2,57,58,59)/t40?,41?,42-,43+,47+,48+/m0/s1. The minimum Gasteiger partial charge on any atom is -0.462 e. The second-order valence-electron chi connectivity index (χ2n) is 17.7. The van der Waals surface area contributed by atoms with E-state index in [1.165, 1.54) is 96.3 Å². The Morgan fingerprint density at radius 3 is 1.38 bits per heavy atom. The number of ether oxygens (including phenoxy) is 2. The number of phosphoric acid groups is 1. The molecule has 0 aliphatic rings. The summed E-state index contributed by atoms with van der Waals surface area (Å²) >= 11 is 0. The van der Waals surface area contributed by atoms with Crippen molar-refractivity contribution < 1.29 is 62.8 Å². The molecule has 0 aliphatic carbocycles. The van der Waals surface area contributed by atoms with Crippen molar-refractivity contribution in [1.29, 1.82) is 0 Å². The van der Waals surface area contributed by atoms with E-state index in [0.717, 1.165) is 70.6 Å². The first-order valence-corrected chi connectivity index (χ1v) is 26.7. The summed E-state index contributed by atoms with van der Waals surface area (Å²) in [6.07, 6.45) is 23.6. The van der Waals surface area contributed by atoms with Crippen LogP contribution in [0.25, 0.3) is 0 Å². The molecule has 0 aromatic rings. The van der Waals surface area contributed by atoms with Gasteiger partial charge < -0.3 is 44.7 Å². The Morgan fingerprint density at radius 2 is 0.968 bits per heavy atom. The van der Waals surface area contributed by atoms with E-state index in [1.54, 1.807) is 0 Å². The Kier molecular flexibility index (Phi) is 40.2. The van der Waals surface area contributed by atoms with E-state index >= 15 is 0 Å². The van der Waals surface area contributed by atoms with Gasteiger partial charge in [0.2, 0.25) is 5.91 Å². The molecule has 0 radical (unpaired) electrons. The number of carbonyl (C=O) groups is 4. The van der Waals surface area contributed by atoms with Crippen molar-refractivity contribution in [2.24, 2.45) is 0 Å². The molecule has 15 heteroatoms. The van der Waals surface area contributed by atoms with Crippen LogP contribution >= 0.6 is 7.82 Å². The van der Waals surface area contributed by atoms with Crippen LogP contribution in [0.3, 0.4) is 0 Å². The van der Waals surface area contributed by atoms with Gasteiger partial charge in [-0.3, -0.25) is 18.9 Å². The SMILES string of the molecule is CCCCCCCCCCCCCC(=O)OC(CCCCCCCCCCC)CC(=O)N[C@@H](C=O)[C@@H](OC(=O)CC(O)CCCCCCCCCCC)[C@H](OP(=O)(O)O)[C@H](O)CO. The average Bonchev–Trinajstić information content (AvgIpc) is 3.24. The first kappa shape index (κ1) is 61.1. The zero-order chi connectivity index (χ0) is 47.0. The van der Waals surface area contributed by atoms with E-state index in [1.807, 2.05) is 0 Å². The van der Waals surface area contributed by atoms with E-state index in [4.69, 9.17) is 14.0 Å². The summed E-state index contributed by atoms with van der Waals surface area (Å²) in [4.78, 5) is 71.5. The summed E-state index contributed by atoms with van der Waals surface area (Å²) in [7, 11) is -5.42. The second-order valence-corrected chi connectivity index (χ2v) is 18.9. The van der Waals surface area contributed by atoms with Crippen molar-refractivity contribution >= 4 is 32.0 Å². The maximum absolute atomic E-state index is 13.5. The highest BCUT2D eigenvalue weighted by Crippen LogP contribution is 2.40. The fourth-order valence-corrected chi connectivity index (χ4v) is 8.43. The lowest BCUT2D eigenvalue weighted by Crippen LogP contribution is -2.56. The molecule has 0 fully saturated rings. The molecule has 0 aliphatic heterocycles. The molecular formula is C48H92NO13P. The number of phosphoric ester groups is 1. The lowest BCUT2D eigenvalue weighted by molar-refractivity contribution is -0.167. The zero-order valence-corrected chi connectivity index (χ0v) is 40.6.